The zero-order valence-corrected chi connectivity index (χ0v) is 15.1. The first kappa shape index (κ1) is 18.4. The molecule has 3 rings (SSSR count). The molecular formula is C21H20N2O4. The number of fused-ring (bicyclic) bond motifs is 1. The highest BCUT2D eigenvalue weighted by Gasteiger charge is 2.19. The van der Waals surface area contributed by atoms with Crippen LogP contribution in [0.2, 0.25) is 0 Å². The van der Waals surface area contributed by atoms with E-state index in [1.807, 2.05) is 24.3 Å². The van der Waals surface area contributed by atoms with Crippen LogP contribution in [-0.4, -0.2) is 28.7 Å². The van der Waals surface area contributed by atoms with E-state index < -0.39 is 18.0 Å². The molecule has 0 aliphatic carbocycles. The Bertz CT molecular complexity index is 1010. The van der Waals surface area contributed by atoms with Crippen molar-refractivity contribution in [3.8, 4) is 0 Å². The highest BCUT2D eigenvalue weighted by molar-refractivity contribution is 5.98. The quantitative estimate of drug-likeness (QED) is 0.518. The Hall–Kier alpha value is -3.41. The molecule has 6 heteroatoms. The number of ketones is 1. The highest BCUT2D eigenvalue weighted by Crippen LogP contribution is 2.19. The molecule has 138 valence electrons. The second kappa shape index (κ2) is 7.86. The molecule has 1 heterocycles. The van der Waals surface area contributed by atoms with Gasteiger partial charge in [-0.3, -0.25) is 14.4 Å². The van der Waals surface area contributed by atoms with Crippen LogP contribution in [0.4, 0.5) is 5.69 Å². The van der Waals surface area contributed by atoms with Gasteiger partial charge in [-0.1, -0.05) is 30.3 Å². The average Bonchev–Trinajstić information content (AvgIpc) is 3.04. The SMILES string of the molecule is CC(=O)c1cccc(NC(=O)[C@@H](C)OC(=O)Cc2c[nH]c3ccccc23)c1. The predicted octanol–water partition coefficient (Wildman–Crippen LogP) is 3.48. The summed E-state index contributed by atoms with van der Waals surface area (Å²) in [6.07, 6.45) is 0.884. The number of Topliss-reactive ketones (excluding diaryl/α,β-unsaturated/α-hetero) is 1. The molecular weight excluding hydrogens is 344 g/mol. The Morgan fingerprint density at radius 1 is 1.11 bits per heavy atom. The summed E-state index contributed by atoms with van der Waals surface area (Å²) in [5, 5.41) is 3.61. The molecule has 2 N–H and O–H groups in total. The Balaban J connectivity index is 1.60. The van der Waals surface area contributed by atoms with Crippen molar-refractivity contribution in [3.63, 3.8) is 0 Å². The maximum atomic E-state index is 12.3. The summed E-state index contributed by atoms with van der Waals surface area (Å²) in [5.74, 6) is -1.04. The Morgan fingerprint density at radius 2 is 1.89 bits per heavy atom. The molecule has 0 saturated heterocycles. The van der Waals surface area contributed by atoms with Gasteiger partial charge in [0.1, 0.15) is 0 Å². The number of para-hydroxylation sites is 1. The zero-order valence-electron chi connectivity index (χ0n) is 15.1. The van der Waals surface area contributed by atoms with Crippen LogP contribution in [0.5, 0.6) is 0 Å². The first-order chi connectivity index (χ1) is 12.9. The molecule has 0 spiro atoms. The largest absolute Gasteiger partial charge is 0.452 e. The molecule has 0 unspecified atom stereocenters. The van der Waals surface area contributed by atoms with Gasteiger partial charge in [0, 0.05) is 28.4 Å². The van der Waals surface area contributed by atoms with Gasteiger partial charge < -0.3 is 15.0 Å². The van der Waals surface area contributed by atoms with Crippen molar-refractivity contribution in [2.45, 2.75) is 26.4 Å². The number of rotatable bonds is 6. The molecule has 6 nitrogen and oxygen atoms in total. The van der Waals surface area contributed by atoms with Crippen molar-refractivity contribution >= 4 is 34.3 Å². The summed E-state index contributed by atoms with van der Waals surface area (Å²) >= 11 is 0. The lowest BCUT2D eigenvalue weighted by molar-refractivity contribution is -0.152. The van der Waals surface area contributed by atoms with E-state index >= 15 is 0 Å². The summed E-state index contributed by atoms with van der Waals surface area (Å²) in [6.45, 7) is 2.97. The van der Waals surface area contributed by atoms with Crippen LogP contribution in [0.1, 0.15) is 29.8 Å². The molecule has 27 heavy (non-hydrogen) atoms. The van der Waals surface area contributed by atoms with E-state index in [1.54, 1.807) is 30.5 Å². The van der Waals surface area contributed by atoms with Crippen molar-refractivity contribution in [3.05, 3.63) is 65.9 Å². The lowest BCUT2D eigenvalue weighted by atomic mass is 10.1. The molecule has 0 bridgehead atoms. The minimum absolute atomic E-state index is 0.0709. The number of nitrogens with one attached hydrogen (secondary N) is 2. The van der Waals surface area contributed by atoms with E-state index in [1.165, 1.54) is 13.8 Å². The van der Waals surface area contributed by atoms with Crippen molar-refractivity contribution < 1.29 is 19.1 Å². The maximum Gasteiger partial charge on any atom is 0.311 e. The standard InChI is InChI=1S/C21H20N2O4/c1-13(24)15-6-5-7-17(10-15)23-21(26)14(2)27-20(25)11-16-12-22-19-9-4-3-8-18(16)19/h3-10,12,14,22H,11H2,1-2H3,(H,23,26)/t14-/m1/s1. The number of benzene rings is 2. The summed E-state index contributed by atoms with van der Waals surface area (Å²) in [7, 11) is 0. The van der Waals surface area contributed by atoms with Gasteiger partial charge in [0.15, 0.2) is 11.9 Å². The first-order valence-corrected chi connectivity index (χ1v) is 8.60. The van der Waals surface area contributed by atoms with E-state index in [0.29, 0.717) is 11.3 Å². The first-order valence-electron chi connectivity index (χ1n) is 8.60. The Morgan fingerprint density at radius 3 is 2.67 bits per heavy atom. The van der Waals surface area contributed by atoms with Crippen LogP contribution < -0.4 is 5.32 Å². The van der Waals surface area contributed by atoms with E-state index in [0.717, 1.165) is 16.5 Å². The van der Waals surface area contributed by atoms with Gasteiger partial charge >= 0.3 is 5.97 Å². The fourth-order valence-electron chi connectivity index (χ4n) is 2.79. The summed E-state index contributed by atoms with van der Waals surface area (Å²) < 4.78 is 5.25. The van der Waals surface area contributed by atoms with Gasteiger partial charge in [-0.25, -0.2) is 0 Å². The number of aromatic nitrogens is 1. The number of aromatic amines is 1. The van der Waals surface area contributed by atoms with Crippen molar-refractivity contribution in [2.75, 3.05) is 5.32 Å². The topological polar surface area (TPSA) is 88.3 Å². The van der Waals surface area contributed by atoms with Crippen molar-refractivity contribution in [1.82, 2.24) is 4.98 Å². The number of anilines is 1. The van der Waals surface area contributed by atoms with Gasteiger partial charge in [-0.2, -0.15) is 0 Å². The number of carbonyl (C=O) groups is 3. The predicted molar refractivity (Wildman–Crippen MR) is 103 cm³/mol. The van der Waals surface area contributed by atoms with Crippen LogP contribution in [0.3, 0.4) is 0 Å². The van der Waals surface area contributed by atoms with E-state index in [-0.39, 0.29) is 12.2 Å². The normalized spacial score (nSPS) is 11.8. The number of carbonyl (C=O) groups excluding carboxylic acids is 3. The molecule has 0 saturated carbocycles. The molecule has 1 atom stereocenters. The number of hydrogen-bond donors (Lipinski definition) is 2. The van der Waals surface area contributed by atoms with Crippen molar-refractivity contribution in [2.24, 2.45) is 0 Å². The number of H-pyrrole nitrogens is 1. The minimum Gasteiger partial charge on any atom is -0.452 e. The molecule has 0 aliphatic heterocycles. The fourth-order valence-corrected chi connectivity index (χ4v) is 2.79. The summed E-state index contributed by atoms with van der Waals surface area (Å²) in [4.78, 5) is 39.0. The second-order valence-corrected chi connectivity index (χ2v) is 6.29. The smallest absolute Gasteiger partial charge is 0.311 e. The van der Waals surface area contributed by atoms with Gasteiger partial charge in [0.2, 0.25) is 0 Å². The van der Waals surface area contributed by atoms with E-state index in [2.05, 4.69) is 10.3 Å². The molecule has 1 amide bonds. The lowest BCUT2D eigenvalue weighted by Crippen LogP contribution is -2.30. The Labute approximate surface area is 156 Å². The van der Waals surface area contributed by atoms with E-state index in [9.17, 15) is 14.4 Å². The van der Waals surface area contributed by atoms with Crippen molar-refractivity contribution in [1.29, 1.82) is 0 Å². The van der Waals surface area contributed by atoms with Crippen LogP contribution in [-0.2, 0) is 20.7 Å². The fraction of sp³-hybridized carbons (Fsp3) is 0.190. The third-order valence-electron chi connectivity index (χ3n) is 4.22. The average molecular weight is 364 g/mol. The third kappa shape index (κ3) is 4.41. The molecule has 1 aromatic heterocycles. The van der Waals surface area contributed by atoms with Crippen LogP contribution >= 0.6 is 0 Å². The minimum atomic E-state index is -0.955. The van der Waals surface area contributed by atoms with Crippen LogP contribution in [0.25, 0.3) is 10.9 Å². The van der Waals surface area contributed by atoms with Gasteiger partial charge in [0.25, 0.3) is 5.91 Å². The number of ether oxygens (including phenoxy) is 1. The molecule has 3 aromatic rings. The zero-order chi connectivity index (χ0) is 19.4. The van der Waals surface area contributed by atoms with Gasteiger partial charge in [0.05, 0.1) is 6.42 Å². The molecule has 0 aliphatic rings. The third-order valence-corrected chi connectivity index (χ3v) is 4.22. The number of hydrogen-bond acceptors (Lipinski definition) is 4. The van der Waals surface area contributed by atoms with E-state index in [4.69, 9.17) is 4.74 Å². The Kier molecular flexibility index (Phi) is 5.35. The number of amides is 1. The van der Waals surface area contributed by atoms with Gasteiger partial charge in [-0.15, -0.1) is 0 Å². The maximum absolute atomic E-state index is 12.3. The monoisotopic (exact) mass is 364 g/mol. The van der Waals surface area contributed by atoms with Crippen LogP contribution in [0.15, 0.2) is 54.7 Å². The molecule has 0 radical (unpaired) electrons. The lowest BCUT2D eigenvalue weighted by Gasteiger charge is -2.14. The van der Waals surface area contributed by atoms with Crippen LogP contribution in [0, 0.1) is 0 Å². The molecule has 0 fully saturated rings. The highest BCUT2D eigenvalue weighted by atomic mass is 16.5. The summed E-state index contributed by atoms with van der Waals surface area (Å²) in [6, 6.07) is 14.3. The molecule has 2 aromatic carbocycles. The summed E-state index contributed by atoms with van der Waals surface area (Å²) in [5.41, 5.74) is 2.73. The van der Waals surface area contributed by atoms with Gasteiger partial charge in [-0.05, 0) is 37.6 Å². The number of esters is 1. The second-order valence-electron chi connectivity index (χ2n) is 6.29.